The Hall–Kier alpha value is -8.05. The highest BCUT2D eigenvalue weighted by atomic mass is 16.5. The number of benzene rings is 2. The largest absolute Gasteiger partial charge is 0.508 e. The number of aromatic nitrogens is 1. The molecule has 3 aliphatic heterocycles. The molecule has 2 fully saturated rings. The molecule has 0 spiro atoms. The second-order valence-corrected chi connectivity index (χ2v) is 24.8. The zero-order chi connectivity index (χ0) is 63.8. The second kappa shape index (κ2) is 31.2. The van der Waals surface area contributed by atoms with E-state index in [2.05, 4.69) is 30.9 Å². The van der Waals surface area contributed by atoms with Gasteiger partial charge in [0.1, 0.15) is 23.6 Å². The number of carbonyl (C=O) groups excluding carboxylic acids is 10. The number of aliphatic hydroxyl groups is 1. The summed E-state index contributed by atoms with van der Waals surface area (Å²) in [6, 6.07) is 7.57. The number of Topliss-reactive ketones (excluding diaryl/α,β-unsaturated/α-hetero) is 5. The summed E-state index contributed by atoms with van der Waals surface area (Å²) in [6.45, 7) is 8.15. The fourth-order valence-electron chi connectivity index (χ4n) is 12.1. The maximum atomic E-state index is 14.9. The van der Waals surface area contributed by atoms with Crippen molar-refractivity contribution in [2.45, 2.75) is 173 Å². The number of aromatic amines is 1. The number of hydrogen-bond acceptors (Lipinski definition) is 15. The van der Waals surface area contributed by atoms with Crippen LogP contribution in [0.3, 0.4) is 0 Å². The van der Waals surface area contributed by atoms with Gasteiger partial charge in [-0.3, -0.25) is 53.1 Å². The summed E-state index contributed by atoms with van der Waals surface area (Å²) < 4.78 is 7.50. The minimum Gasteiger partial charge on any atom is -0.508 e. The van der Waals surface area contributed by atoms with Gasteiger partial charge < -0.3 is 52.3 Å². The Kier molecular flexibility index (Phi) is 23.9. The van der Waals surface area contributed by atoms with Crippen LogP contribution in [0.2, 0.25) is 0 Å². The van der Waals surface area contributed by atoms with Gasteiger partial charge in [0.15, 0.2) is 35.3 Å². The van der Waals surface area contributed by atoms with E-state index in [1.165, 1.54) is 16.7 Å². The van der Waals surface area contributed by atoms with E-state index in [4.69, 9.17) is 16.2 Å². The van der Waals surface area contributed by atoms with E-state index in [9.17, 15) is 58.2 Å². The number of amides is 5. The maximum Gasteiger partial charge on any atom is 0.390 e. The molecule has 5 amide bonds. The maximum absolute atomic E-state index is 14.9. The Morgan fingerprint density at radius 1 is 0.886 bits per heavy atom. The first-order valence-electron chi connectivity index (χ1n) is 30.8. The number of guanidine groups is 1. The number of allylic oxidation sites excluding steroid dienone is 1. The Morgan fingerprint density at radius 2 is 1.58 bits per heavy atom. The van der Waals surface area contributed by atoms with E-state index < -0.39 is 126 Å². The minimum atomic E-state index is -1.59. The number of aliphatic imine (C=N–C) groups is 2. The highest BCUT2D eigenvalue weighted by Gasteiger charge is 2.48. The lowest BCUT2D eigenvalue weighted by Gasteiger charge is -2.30. The summed E-state index contributed by atoms with van der Waals surface area (Å²) in [6.07, 6.45) is 8.69. The van der Waals surface area contributed by atoms with Crippen molar-refractivity contribution in [3.8, 4) is 5.75 Å². The number of hydrogen-bond donors (Lipinski definition) is 8. The van der Waals surface area contributed by atoms with Gasteiger partial charge in [-0.2, -0.15) is 4.58 Å². The molecule has 4 heterocycles. The molecule has 88 heavy (non-hydrogen) atoms. The molecule has 7 rings (SSSR count). The number of nitrogens with zero attached hydrogens (tertiary/aromatic N) is 4. The molecule has 0 radical (unpaired) electrons. The van der Waals surface area contributed by atoms with Gasteiger partial charge in [0.2, 0.25) is 23.8 Å². The smallest absolute Gasteiger partial charge is 0.390 e. The van der Waals surface area contributed by atoms with E-state index >= 15 is 0 Å². The van der Waals surface area contributed by atoms with Gasteiger partial charge in [-0.05, 0) is 95.0 Å². The van der Waals surface area contributed by atoms with Crippen molar-refractivity contribution < 1.29 is 67.5 Å². The van der Waals surface area contributed by atoms with Gasteiger partial charge in [0, 0.05) is 124 Å². The number of para-hydroxylation sites is 1. The lowest BCUT2D eigenvalue weighted by molar-refractivity contribution is -0.483. The summed E-state index contributed by atoms with van der Waals surface area (Å²) in [5, 5.41) is 30.2. The molecule has 2 aromatic carbocycles. The van der Waals surface area contributed by atoms with Gasteiger partial charge >= 0.3 is 5.91 Å². The topological polar surface area (TPSA) is 355 Å². The summed E-state index contributed by atoms with van der Waals surface area (Å²) in [7, 11) is 0. The predicted octanol–water partition coefficient (Wildman–Crippen LogP) is 3.81. The molecule has 10 unspecified atom stereocenters. The molecule has 10 atom stereocenters. The number of rotatable bonds is 32. The van der Waals surface area contributed by atoms with Gasteiger partial charge in [-0.25, -0.2) is 4.79 Å². The van der Waals surface area contributed by atoms with Crippen molar-refractivity contribution in [2.75, 3.05) is 26.3 Å². The lowest BCUT2D eigenvalue weighted by atomic mass is 9.86. The van der Waals surface area contributed by atoms with Crippen LogP contribution in [0.1, 0.15) is 136 Å². The van der Waals surface area contributed by atoms with Gasteiger partial charge in [-0.15, -0.1) is 0 Å². The number of fused-ring (bicyclic) bond motifs is 1. The third-order valence-corrected chi connectivity index (χ3v) is 16.9. The van der Waals surface area contributed by atoms with Crippen LogP contribution < -0.4 is 27.4 Å². The second-order valence-electron chi connectivity index (χ2n) is 24.8. The number of ether oxygens (including phenoxy) is 1. The number of phenols is 1. The molecule has 0 bridgehead atoms. The Labute approximate surface area is 513 Å². The number of likely N-dealkylation sites (tertiary alicyclic amines) is 1. The predicted molar refractivity (Wildman–Crippen MR) is 329 cm³/mol. The molecular weight excluding hydrogens is 1130 g/mol. The molecular formula is C65H87N10O13+. The van der Waals surface area contributed by atoms with Crippen LogP contribution in [0.4, 0.5) is 0 Å². The number of phenolic OH excluding ortho intramolecular Hbond substituents is 1. The molecule has 10 N–H and O–H groups in total. The average Bonchev–Trinajstić information content (AvgIpc) is 4.47. The van der Waals surface area contributed by atoms with Gasteiger partial charge in [-0.1, -0.05) is 50.3 Å². The van der Waals surface area contributed by atoms with Crippen LogP contribution in [0.25, 0.3) is 10.9 Å². The fourth-order valence-corrected chi connectivity index (χ4v) is 12.1. The van der Waals surface area contributed by atoms with Crippen LogP contribution in [0.5, 0.6) is 5.75 Å². The van der Waals surface area contributed by atoms with Crippen LogP contribution in [0, 0.1) is 29.6 Å². The standard InChI is InChI=1S/C65H86N10O13/c1-6-55(79)53-16-11-25-74(53)63(87)54(15-10-24-69-64(66)67)75-35-38(2)26-43(62(75)86)32-58(82)52(37-88-65(3,4)5)73-60(84)41(27-39-17-20-46(77)21-18-39)30-57(81)51(36-76)72-61(85)42(28-44-34-70-49-14-8-7-13-48(44)49)31-56(80)50(33-45-12-9-23-68-45)71-59(83)40-19-22-47(78)29-40/h7-8,12-14,17-18,20-21,23,34-35,38,40-43,50-54,70,76H,6,9-11,15-16,19,22,24-33,36-37H2,1-5H3,(H7-,66,67,69,71,72,73,77,83,84,85)/p+1. The Morgan fingerprint density at radius 3 is 2.23 bits per heavy atom. The van der Waals surface area contributed by atoms with Crippen LogP contribution in [0.15, 0.2) is 76.5 Å². The summed E-state index contributed by atoms with van der Waals surface area (Å²) in [5.74, 6) is -9.31. The fraction of sp³-hybridized carbons (Fsp3) is 0.554. The molecule has 1 saturated heterocycles. The summed E-state index contributed by atoms with van der Waals surface area (Å²) >= 11 is 0. The number of H-pyrrole nitrogens is 1. The van der Waals surface area contributed by atoms with Crippen LogP contribution in [-0.4, -0.2) is 164 Å². The first kappa shape index (κ1) is 67.5. The molecule has 474 valence electrons. The molecule has 1 saturated carbocycles. The van der Waals surface area contributed by atoms with E-state index in [1.807, 2.05) is 37.3 Å². The number of nitrogens with one attached hydrogen (secondary N) is 4. The quantitative estimate of drug-likeness (QED) is 0.0191. The Bertz CT molecular complexity index is 3190. The third kappa shape index (κ3) is 18.7. The zero-order valence-corrected chi connectivity index (χ0v) is 51.2. The number of aliphatic hydroxyl groups excluding tert-OH is 1. The SMILES string of the molecule is CCC(=O)C1CCCN1C(=O)C(CCCN=C(N)N)[N+]1=CC(C)CC(CC(=O)C(COC(C)(C)C)NC(=O)C(CC(=O)C(CO)NC(=O)C(CC(=O)C(CC2=CCC=N2)NC(=O)C2CCC(=O)C2)Cc2c[nH]c3ccccc23)Cc2ccc(O)cc2)C1=O. The van der Waals surface area contributed by atoms with Crippen molar-refractivity contribution in [3.05, 3.63) is 77.6 Å². The highest BCUT2D eigenvalue weighted by molar-refractivity contribution is 5.99. The number of carbonyl (C=O) groups is 10. The van der Waals surface area contributed by atoms with Gasteiger partial charge in [0.25, 0.3) is 5.91 Å². The normalized spacial score (nSPS) is 20.5. The number of ketones is 5. The third-order valence-electron chi connectivity index (χ3n) is 16.9. The summed E-state index contributed by atoms with van der Waals surface area (Å²) in [4.78, 5) is 155. The monoisotopic (exact) mass is 1220 g/mol. The van der Waals surface area contributed by atoms with E-state index in [-0.39, 0.29) is 100 Å². The lowest BCUT2D eigenvalue weighted by Crippen LogP contribution is -2.54. The molecule has 4 aliphatic rings. The van der Waals surface area contributed by atoms with E-state index in [0.717, 1.165) is 10.9 Å². The van der Waals surface area contributed by atoms with Crippen molar-refractivity contribution in [1.82, 2.24) is 25.8 Å². The van der Waals surface area contributed by atoms with Crippen molar-refractivity contribution in [1.29, 1.82) is 0 Å². The van der Waals surface area contributed by atoms with E-state index in [1.54, 1.807) is 63.4 Å². The van der Waals surface area contributed by atoms with E-state index in [0.29, 0.717) is 55.5 Å². The zero-order valence-electron chi connectivity index (χ0n) is 51.2. The van der Waals surface area contributed by atoms with Crippen molar-refractivity contribution >= 4 is 87.7 Å². The van der Waals surface area contributed by atoms with Crippen molar-refractivity contribution in [2.24, 2.45) is 51.0 Å². The molecule has 1 aliphatic carbocycles. The summed E-state index contributed by atoms with van der Waals surface area (Å²) in [5.41, 5.74) is 12.9. The van der Waals surface area contributed by atoms with Gasteiger partial charge in [0.05, 0.1) is 36.8 Å². The molecule has 3 aromatic rings. The molecule has 23 heteroatoms. The Balaban J connectivity index is 1.12. The minimum absolute atomic E-state index is 0.00814. The average molecular weight is 1220 g/mol. The molecule has 23 nitrogen and oxygen atoms in total. The van der Waals surface area contributed by atoms with Crippen LogP contribution in [-0.2, 0) is 65.5 Å². The van der Waals surface area contributed by atoms with Crippen LogP contribution >= 0.6 is 0 Å². The molecule has 1 aromatic heterocycles. The number of nitrogens with two attached hydrogens (primary N) is 2. The van der Waals surface area contributed by atoms with Crippen molar-refractivity contribution in [3.63, 3.8) is 0 Å². The number of aromatic hydroxyl groups is 1. The first-order chi connectivity index (χ1) is 41.9. The first-order valence-corrected chi connectivity index (χ1v) is 30.8. The highest BCUT2D eigenvalue weighted by Crippen LogP contribution is 2.30.